The molecule has 0 fully saturated rings. The largest absolute Gasteiger partial charge is 0.488 e. The van der Waals surface area contributed by atoms with Crippen LogP contribution in [0.1, 0.15) is 35.1 Å². The van der Waals surface area contributed by atoms with Gasteiger partial charge >= 0.3 is 0 Å². The molecule has 2 N–H and O–H groups in total. The number of nitrogens with zero attached hydrogens (tertiary/aromatic N) is 1. The van der Waals surface area contributed by atoms with Gasteiger partial charge in [0, 0.05) is 24.1 Å². The summed E-state index contributed by atoms with van der Waals surface area (Å²) in [6.45, 7) is 4.37. The van der Waals surface area contributed by atoms with Gasteiger partial charge in [-0.25, -0.2) is 5.43 Å². The Bertz CT molecular complexity index is 1090. The van der Waals surface area contributed by atoms with Crippen LogP contribution in [0.3, 0.4) is 0 Å². The van der Waals surface area contributed by atoms with Crippen molar-refractivity contribution in [3.63, 3.8) is 0 Å². The second-order valence-electron chi connectivity index (χ2n) is 7.47. The monoisotopic (exact) mass is 429 g/mol. The zero-order chi connectivity index (χ0) is 22.8. The third kappa shape index (κ3) is 7.09. The highest BCUT2D eigenvalue weighted by Gasteiger charge is 2.08. The van der Waals surface area contributed by atoms with E-state index in [-0.39, 0.29) is 24.7 Å². The molecule has 32 heavy (non-hydrogen) atoms. The van der Waals surface area contributed by atoms with Crippen molar-refractivity contribution in [1.82, 2.24) is 5.43 Å². The molecule has 0 aliphatic heterocycles. The summed E-state index contributed by atoms with van der Waals surface area (Å²) >= 11 is 0. The number of carbonyl (C=O) groups excluding carboxylic acids is 2. The Morgan fingerprint density at radius 1 is 0.906 bits per heavy atom. The van der Waals surface area contributed by atoms with Crippen molar-refractivity contribution in [3.05, 3.63) is 95.1 Å². The zero-order valence-corrected chi connectivity index (χ0v) is 18.3. The van der Waals surface area contributed by atoms with Gasteiger partial charge < -0.3 is 10.1 Å². The van der Waals surface area contributed by atoms with Crippen molar-refractivity contribution in [3.8, 4) is 5.75 Å². The van der Waals surface area contributed by atoms with Crippen LogP contribution in [0.15, 0.2) is 77.9 Å². The highest BCUT2D eigenvalue weighted by atomic mass is 16.5. The van der Waals surface area contributed by atoms with Gasteiger partial charge in [-0.2, -0.15) is 5.10 Å². The second kappa shape index (κ2) is 11.5. The Hall–Kier alpha value is -3.93. The summed E-state index contributed by atoms with van der Waals surface area (Å²) < 4.78 is 5.88. The summed E-state index contributed by atoms with van der Waals surface area (Å²) in [4.78, 5) is 24.2. The molecule has 0 unspecified atom stereocenters. The lowest BCUT2D eigenvalue weighted by Crippen LogP contribution is -2.21. The van der Waals surface area contributed by atoms with Crippen LogP contribution in [-0.4, -0.2) is 18.0 Å². The number of carbonyl (C=O) groups is 2. The summed E-state index contributed by atoms with van der Waals surface area (Å²) in [5, 5.41) is 6.84. The van der Waals surface area contributed by atoms with Crippen LogP contribution in [-0.2, 0) is 16.2 Å². The van der Waals surface area contributed by atoms with E-state index in [4.69, 9.17) is 4.74 Å². The maximum Gasteiger partial charge on any atom is 0.240 e. The molecule has 0 spiro atoms. The predicted octanol–water partition coefficient (Wildman–Crippen LogP) is 4.75. The minimum absolute atomic E-state index is 0.0419. The number of hydrogen-bond acceptors (Lipinski definition) is 4. The third-order valence-electron chi connectivity index (χ3n) is 4.78. The summed E-state index contributed by atoms with van der Waals surface area (Å²) in [6, 6.07) is 23.1. The first kappa shape index (κ1) is 22.7. The Labute approximate surface area is 188 Å². The normalized spacial score (nSPS) is 10.7. The predicted molar refractivity (Wildman–Crippen MR) is 127 cm³/mol. The summed E-state index contributed by atoms with van der Waals surface area (Å²) in [7, 11) is 0. The van der Waals surface area contributed by atoms with E-state index in [2.05, 4.69) is 15.8 Å². The van der Waals surface area contributed by atoms with Gasteiger partial charge in [0.05, 0.1) is 6.21 Å². The maximum absolute atomic E-state index is 12.1. The summed E-state index contributed by atoms with van der Waals surface area (Å²) in [5.41, 5.74) is 7.15. The average Bonchev–Trinajstić information content (AvgIpc) is 2.79. The van der Waals surface area contributed by atoms with E-state index < -0.39 is 0 Å². The van der Waals surface area contributed by atoms with Crippen molar-refractivity contribution in [2.24, 2.45) is 5.10 Å². The lowest BCUT2D eigenvalue weighted by atomic mass is 10.1. The Morgan fingerprint density at radius 3 is 2.41 bits per heavy atom. The molecule has 0 bridgehead atoms. The number of benzene rings is 3. The van der Waals surface area contributed by atoms with Gasteiger partial charge in [0.2, 0.25) is 11.8 Å². The molecule has 3 aromatic rings. The van der Waals surface area contributed by atoms with Crippen molar-refractivity contribution in [1.29, 1.82) is 0 Å². The molecule has 0 heterocycles. The minimum atomic E-state index is -0.334. The van der Waals surface area contributed by atoms with Crippen molar-refractivity contribution < 1.29 is 14.3 Å². The van der Waals surface area contributed by atoms with E-state index in [1.165, 1.54) is 6.21 Å². The SMILES string of the molecule is Cc1ccc(NC(=O)CCC(=O)N/N=C\c2ccccc2OCc2ccccc2)c(C)c1. The van der Waals surface area contributed by atoms with Gasteiger partial charge in [0.1, 0.15) is 12.4 Å². The molecular weight excluding hydrogens is 402 g/mol. The fourth-order valence-electron chi connectivity index (χ4n) is 3.08. The maximum atomic E-state index is 12.1. The number of hydrazone groups is 1. The fraction of sp³-hybridized carbons (Fsp3) is 0.192. The standard InChI is InChI=1S/C26H27N3O3/c1-19-12-13-23(20(2)16-19)28-25(30)14-15-26(31)29-27-17-22-10-6-7-11-24(22)32-18-21-8-4-3-5-9-21/h3-13,16-17H,14-15,18H2,1-2H3,(H,28,30)(H,29,31)/b27-17-. The third-order valence-corrected chi connectivity index (χ3v) is 4.78. The number of anilines is 1. The highest BCUT2D eigenvalue weighted by Crippen LogP contribution is 2.18. The number of nitrogens with one attached hydrogen (secondary N) is 2. The number of hydrogen-bond donors (Lipinski definition) is 2. The lowest BCUT2D eigenvalue weighted by Gasteiger charge is -2.09. The van der Waals surface area contributed by atoms with E-state index in [0.717, 1.165) is 27.9 Å². The van der Waals surface area contributed by atoms with Crippen molar-refractivity contribution in [2.75, 3.05) is 5.32 Å². The first-order valence-electron chi connectivity index (χ1n) is 10.5. The van der Waals surface area contributed by atoms with E-state index in [1.54, 1.807) is 0 Å². The molecule has 2 amide bonds. The van der Waals surface area contributed by atoms with Crippen molar-refractivity contribution in [2.45, 2.75) is 33.3 Å². The molecular formula is C26H27N3O3. The first-order valence-corrected chi connectivity index (χ1v) is 10.5. The van der Waals surface area contributed by atoms with Crippen LogP contribution < -0.4 is 15.5 Å². The van der Waals surface area contributed by atoms with Gasteiger partial charge in [-0.1, -0.05) is 60.2 Å². The van der Waals surface area contributed by atoms with Crippen LogP contribution in [0.25, 0.3) is 0 Å². The second-order valence-corrected chi connectivity index (χ2v) is 7.47. The molecule has 0 aromatic heterocycles. The molecule has 3 aromatic carbocycles. The van der Waals surface area contributed by atoms with Gasteiger partial charge in [0.15, 0.2) is 0 Å². The van der Waals surface area contributed by atoms with Gasteiger partial charge in [-0.3, -0.25) is 9.59 Å². The van der Waals surface area contributed by atoms with Gasteiger partial charge in [-0.05, 0) is 43.2 Å². The number of aryl methyl sites for hydroxylation is 2. The van der Waals surface area contributed by atoms with Crippen molar-refractivity contribution >= 4 is 23.7 Å². The number of rotatable bonds is 9. The molecule has 0 radical (unpaired) electrons. The molecule has 0 aliphatic rings. The Kier molecular flexibility index (Phi) is 8.15. The van der Waals surface area contributed by atoms with E-state index in [1.807, 2.05) is 86.6 Å². The van der Waals surface area contributed by atoms with E-state index in [9.17, 15) is 9.59 Å². The lowest BCUT2D eigenvalue weighted by molar-refractivity contribution is -0.124. The molecule has 0 atom stereocenters. The van der Waals surface area contributed by atoms with Gasteiger partial charge in [0.25, 0.3) is 0 Å². The topological polar surface area (TPSA) is 79.8 Å². The Balaban J connectivity index is 1.46. The molecule has 164 valence electrons. The zero-order valence-electron chi connectivity index (χ0n) is 18.3. The smallest absolute Gasteiger partial charge is 0.240 e. The molecule has 0 aliphatic carbocycles. The number of ether oxygens (including phenoxy) is 1. The number of amides is 2. The first-order chi connectivity index (χ1) is 15.5. The quantitative estimate of drug-likeness (QED) is 0.380. The fourth-order valence-corrected chi connectivity index (χ4v) is 3.08. The van der Waals surface area contributed by atoms with Crippen LogP contribution in [0.4, 0.5) is 5.69 Å². The van der Waals surface area contributed by atoms with Crippen LogP contribution in [0.5, 0.6) is 5.75 Å². The molecule has 0 saturated carbocycles. The van der Waals surface area contributed by atoms with Crippen LogP contribution in [0, 0.1) is 13.8 Å². The van der Waals surface area contributed by atoms with Gasteiger partial charge in [-0.15, -0.1) is 0 Å². The summed E-state index contributed by atoms with van der Waals surface area (Å²) in [5.74, 6) is 0.123. The number of para-hydroxylation sites is 1. The summed E-state index contributed by atoms with van der Waals surface area (Å²) in [6.07, 6.45) is 1.65. The van der Waals surface area contributed by atoms with E-state index >= 15 is 0 Å². The van der Waals surface area contributed by atoms with Crippen LogP contribution in [0.2, 0.25) is 0 Å². The van der Waals surface area contributed by atoms with E-state index in [0.29, 0.717) is 12.4 Å². The highest BCUT2D eigenvalue weighted by molar-refractivity contribution is 5.94. The molecule has 0 saturated heterocycles. The molecule has 3 rings (SSSR count). The van der Waals surface area contributed by atoms with Crippen LogP contribution >= 0.6 is 0 Å². The minimum Gasteiger partial charge on any atom is -0.488 e. The Morgan fingerprint density at radius 2 is 1.62 bits per heavy atom. The molecule has 6 nitrogen and oxygen atoms in total. The molecule has 6 heteroatoms. The average molecular weight is 430 g/mol.